The molecular formula is C35H51N3O3. The lowest BCUT2D eigenvalue weighted by atomic mass is 9.37. The van der Waals surface area contributed by atoms with Gasteiger partial charge in [-0.05, 0) is 97.4 Å². The summed E-state index contributed by atoms with van der Waals surface area (Å²) in [5, 5.41) is 12.6. The van der Waals surface area contributed by atoms with Crippen molar-refractivity contribution in [1.82, 2.24) is 10.2 Å². The predicted octanol–water partition coefficient (Wildman–Crippen LogP) is 7.01. The number of ketones is 2. The molecule has 1 saturated heterocycles. The number of nitrogens with one attached hydrogen (secondary N) is 1. The largest absolute Gasteiger partial charge is 0.336 e. The van der Waals surface area contributed by atoms with Gasteiger partial charge in [-0.25, -0.2) is 4.79 Å². The van der Waals surface area contributed by atoms with Crippen LogP contribution in [0.15, 0.2) is 23.3 Å². The number of Topliss-reactive ketones (excluding diaryl/α,β-unsaturated/α-hetero) is 1. The van der Waals surface area contributed by atoms with Crippen LogP contribution in [0.25, 0.3) is 0 Å². The molecule has 6 atom stereocenters. The normalized spacial score (nSPS) is 38.7. The first-order chi connectivity index (χ1) is 19.1. The van der Waals surface area contributed by atoms with Crippen LogP contribution in [0.2, 0.25) is 0 Å². The van der Waals surface area contributed by atoms with Gasteiger partial charge >= 0.3 is 6.03 Å². The average Bonchev–Trinajstić information content (AvgIpc) is 3.31. The lowest BCUT2D eigenvalue weighted by molar-refractivity contribution is -0.168. The molecule has 1 heterocycles. The molecule has 0 aromatic rings. The Morgan fingerprint density at radius 1 is 1.15 bits per heavy atom. The number of nitriles is 1. The molecule has 2 amide bonds. The molecule has 0 aromatic carbocycles. The summed E-state index contributed by atoms with van der Waals surface area (Å²) in [5.74, 6) is 0.514. The van der Waals surface area contributed by atoms with Gasteiger partial charge in [0.1, 0.15) is 6.07 Å². The number of carbonyl (C=O) groups excluding carboxylic acids is 3. The van der Waals surface area contributed by atoms with Gasteiger partial charge in [0.25, 0.3) is 0 Å². The first-order valence-electron chi connectivity index (χ1n) is 16.1. The summed E-state index contributed by atoms with van der Waals surface area (Å²) in [5.41, 5.74) is 0.741. The van der Waals surface area contributed by atoms with E-state index in [-0.39, 0.29) is 62.6 Å². The number of urea groups is 1. The molecule has 5 rings (SSSR count). The van der Waals surface area contributed by atoms with E-state index in [1.807, 2.05) is 31.7 Å². The molecule has 0 aromatic heterocycles. The van der Waals surface area contributed by atoms with Gasteiger partial charge in [0, 0.05) is 31.0 Å². The van der Waals surface area contributed by atoms with Crippen molar-refractivity contribution in [3.63, 3.8) is 0 Å². The summed E-state index contributed by atoms with van der Waals surface area (Å²) in [6.07, 6.45) is 12.3. The molecule has 0 radical (unpaired) electrons. The molecular weight excluding hydrogens is 510 g/mol. The van der Waals surface area contributed by atoms with Crippen LogP contribution in [-0.4, -0.2) is 42.1 Å². The highest BCUT2D eigenvalue weighted by Crippen LogP contribution is 2.71. The second-order valence-corrected chi connectivity index (χ2v) is 15.9. The Balaban J connectivity index is 1.49. The molecule has 1 aliphatic heterocycles. The van der Waals surface area contributed by atoms with Gasteiger partial charge in [-0.3, -0.25) is 9.59 Å². The Morgan fingerprint density at radius 3 is 2.49 bits per heavy atom. The van der Waals surface area contributed by atoms with Gasteiger partial charge in [0.05, 0.1) is 5.57 Å². The third-order valence-electron chi connectivity index (χ3n) is 13.0. The molecule has 41 heavy (non-hydrogen) atoms. The molecule has 224 valence electrons. The summed E-state index contributed by atoms with van der Waals surface area (Å²) in [6.45, 7) is 17.7. The maximum atomic E-state index is 14.4. The van der Waals surface area contributed by atoms with Crippen LogP contribution in [0.4, 0.5) is 4.79 Å². The zero-order chi connectivity index (χ0) is 30.0. The zero-order valence-corrected chi connectivity index (χ0v) is 26.5. The highest BCUT2D eigenvalue weighted by molar-refractivity contribution is 6.03. The smallest absolute Gasteiger partial charge is 0.317 e. The van der Waals surface area contributed by atoms with E-state index in [0.717, 1.165) is 64.5 Å². The van der Waals surface area contributed by atoms with Crippen LogP contribution in [0.1, 0.15) is 106 Å². The molecule has 5 aliphatic rings. The van der Waals surface area contributed by atoms with Gasteiger partial charge < -0.3 is 10.2 Å². The fourth-order valence-electron chi connectivity index (χ4n) is 9.92. The summed E-state index contributed by atoms with van der Waals surface area (Å²) < 4.78 is 0. The van der Waals surface area contributed by atoms with Gasteiger partial charge in [-0.1, -0.05) is 60.1 Å². The van der Waals surface area contributed by atoms with E-state index in [2.05, 4.69) is 39.1 Å². The number of amides is 2. The SMILES string of the molecule is CC/C=C(/C#N)C(=O)C(C)(C)[C@@H]1CC[C@]2(C)C(=CC(=O)[C@@H]3[C@@H]4CC(C)(C)CC[C@]4(CN4CCNC4=O)CC[C@]32C)C1. The minimum Gasteiger partial charge on any atom is -0.336 e. The first kappa shape index (κ1) is 30.1. The Kier molecular flexibility index (Phi) is 7.40. The molecule has 0 spiro atoms. The molecule has 0 unspecified atom stereocenters. The number of fused-ring (bicyclic) bond motifs is 5. The molecule has 0 bridgehead atoms. The number of allylic oxidation sites excluding steroid dienone is 4. The van der Waals surface area contributed by atoms with Crippen molar-refractivity contribution in [2.24, 2.45) is 44.8 Å². The topological polar surface area (TPSA) is 90.3 Å². The fourth-order valence-corrected chi connectivity index (χ4v) is 9.92. The number of hydrogen-bond donors (Lipinski definition) is 1. The molecule has 6 nitrogen and oxygen atoms in total. The first-order valence-corrected chi connectivity index (χ1v) is 16.1. The standard InChI is InChI=1S/C35H51N3O3/c1-8-9-23(21-36)29(40)32(4,5)24-10-11-33(6)25(18-24)19-27(39)28-26-20-31(2,3)12-14-35(26,15-13-34(28,33)7)22-38-17-16-37-30(38)41/h9,19,24,26,28H,8,10-18,20,22H2,1-7H3,(H,37,41)/b23-9-/t24-,26+,28+,33-,34-,35-/m1/s1. The molecule has 1 N–H and O–H groups in total. The van der Waals surface area contributed by atoms with E-state index < -0.39 is 5.41 Å². The Hall–Kier alpha value is -2.42. The molecule has 3 saturated carbocycles. The van der Waals surface area contributed by atoms with Crippen molar-refractivity contribution in [2.75, 3.05) is 19.6 Å². The second-order valence-electron chi connectivity index (χ2n) is 15.9. The van der Waals surface area contributed by atoms with Crippen molar-refractivity contribution < 1.29 is 14.4 Å². The zero-order valence-electron chi connectivity index (χ0n) is 26.5. The van der Waals surface area contributed by atoms with Crippen LogP contribution in [0.5, 0.6) is 0 Å². The number of carbonyl (C=O) groups is 3. The van der Waals surface area contributed by atoms with Crippen molar-refractivity contribution in [3.8, 4) is 6.07 Å². The van der Waals surface area contributed by atoms with Crippen molar-refractivity contribution in [2.45, 2.75) is 106 Å². The van der Waals surface area contributed by atoms with Crippen molar-refractivity contribution >= 4 is 17.6 Å². The second kappa shape index (κ2) is 10.1. The monoisotopic (exact) mass is 561 g/mol. The highest BCUT2D eigenvalue weighted by Gasteiger charge is 2.66. The summed E-state index contributed by atoms with van der Waals surface area (Å²) in [4.78, 5) is 42.5. The van der Waals surface area contributed by atoms with E-state index in [1.165, 1.54) is 5.57 Å². The maximum absolute atomic E-state index is 14.4. The van der Waals surface area contributed by atoms with Gasteiger partial charge in [0.2, 0.25) is 0 Å². The molecule has 6 heteroatoms. The van der Waals surface area contributed by atoms with Crippen molar-refractivity contribution in [1.29, 1.82) is 5.26 Å². The van der Waals surface area contributed by atoms with Gasteiger partial charge in [0.15, 0.2) is 11.6 Å². The number of nitrogens with zero attached hydrogens (tertiary/aromatic N) is 2. The van der Waals surface area contributed by atoms with E-state index in [0.29, 0.717) is 13.0 Å². The van der Waals surface area contributed by atoms with Crippen LogP contribution >= 0.6 is 0 Å². The van der Waals surface area contributed by atoms with Gasteiger partial charge in [-0.15, -0.1) is 0 Å². The third kappa shape index (κ3) is 4.61. The van der Waals surface area contributed by atoms with Crippen LogP contribution in [-0.2, 0) is 9.59 Å². The molecule has 4 fully saturated rings. The lowest BCUT2D eigenvalue weighted by Gasteiger charge is -2.67. The quantitative estimate of drug-likeness (QED) is 0.279. The minimum absolute atomic E-state index is 0.0103. The van der Waals surface area contributed by atoms with E-state index in [4.69, 9.17) is 0 Å². The summed E-state index contributed by atoms with van der Waals surface area (Å²) in [7, 11) is 0. The third-order valence-corrected chi connectivity index (χ3v) is 13.0. The van der Waals surface area contributed by atoms with Crippen LogP contribution in [0, 0.1) is 56.2 Å². The van der Waals surface area contributed by atoms with Crippen molar-refractivity contribution in [3.05, 3.63) is 23.3 Å². The van der Waals surface area contributed by atoms with Gasteiger partial charge in [-0.2, -0.15) is 5.26 Å². The minimum atomic E-state index is -0.662. The highest BCUT2D eigenvalue weighted by atomic mass is 16.2. The summed E-state index contributed by atoms with van der Waals surface area (Å²) >= 11 is 0. The molecule has 4 aliphatic carbocycles. The van der Waals surface area contributed by atoms with E-state index >= 15 is 0 Å². The Bertz CT molecular complexity index is 1240. The van der Waals surface area contributed by atoms with E-state index in [9.17, 15) is 19.6 Å². The number of rotatable bonds is 6. The predicted molar refractivity (Wildman–Crippen MR) is 161 cm³/mol. The Labute approximate surface area is 247 Å². The maximum Gasteiger partial charge on any atom is 0.317 e. The number of hydrogen-bond acceptors (Lipinski definition) is 4. The Morgan fingerprint density at radius 2 is 1.85 bits per heavy atom. The van der Waals surface area contributed by atoms with Crippen LogP contribution in [0.3, 0.4) is 0 Å². The van der Waals surface area contributed by atoms with E-state index in [1.54, 1.807) is 6.08 Å². The fraction of sp³-hybridized carbons (Fsp3) is 0.771. The lowest BCUT2D eigenvalue weighted by Crippen LogP contribution is -2.63. The summed E-state index contributed by atoms with van der Waals surface area (Å²) in [6, 6.07) is 2.19. The average molecular weight is 562 g/mol. The van der Waals surface area contributed by atoms with Crippen LogP contribution < -0.4 is 5.32 Å².